The summed E-state index contributed by atoms with van der Waals surface area (Å²) in [4.78, 5) is 15.3. The van der Waals surface area contributed by atoms with E-state index in [0.717, 1.165) is 51.1 Å². The van der Waals surface area contributed by atoms with Gasteiger partial charge in [-0.3, -0.25) is 9.88 Å². The molecular formula is C19H29N5. The molecule has 0 saturated carbocycles. The summed E-state index contributed by atoms with van der Waals surface area (Å²) in [5, 5.41) is 0. The van der Waals surface area contributed by atoms with Gasteiger partial charge in [0.1, 0.15) is 5.82 Å². The molecule has 0 radical (unpaired) electrons. The number of rotatable bonds is 8. The molecule has 2 heterocycles. The molecule has 1 unspecified atom stereocenters. The number of nitrogens with one attached hydrogen (secondary N) is 1. The Bertz CT molecular complexity index is 636. The first-order chi connectivity index (χ1) is 11.8. The minimum atomic E-state index is 0.392. The number of aromatic nitrogens is 3. The van der Waals surface area contributed by atoms with Crippen LogP contribution in [0.5, 0.6) is 0 Å². The van der Waals surface area contributed by atoms with Crippen LogP contribution in [0.4, 0.5) is 0 Å². The Hall–Kier alpha value is -1.72. The van der Waals surface area contributed by atoms with Gasteiger partial charge in [0.2, 0.25) is 0 Å². The molecule has 5 nitrogen and oxygen atoms in total. The molecule has 1 atom stereocenters. The van der Waals surface area contributed by atoms with Crippen molar-refractivity contribution in [2.45, 2.75) is 58.0 Å². The summed E-state index contributed by atoms with van der Waals surface area (Å²) in [6, 6.07) is 4.68. The van der Waals surface area contributed by atoms with Gasteiger partial charge in [0, 0.05) is 18.1 Å². The van der Waals surface area contributed by atoms with E-state index >= 15 is 0 Å². The molecule has 3 rings (SSSR count). The van der Waals surface area contributed by atoms with Crippen LogP contribution in [0, 0.1) is 0 Å². The lowest BCUT2D eigenvalue weighted by Gasteiger charge is -2.34. The lowest BCUT2D eigenvalue weighted by Crippen LogP contribution is -2.33. The molecule has 0 amide bonds. The number of hydrogen-bond acceptors (Lipinski definition) is 4. The third kappa shape index (κ3) is 4.02. The van der Waals surface area contributed by atoms with Gasteiger partial charge < -0.3 is 10.7 Å². The van der Waals surface area contributed by atoms with Gasteiger partial charge in [-0.2, -0.15) is 0 Å². The van der Waals surface area contributed by atoms with Crippen LogP contribution in [0.25, 0.3) is 0 Å². The van der Waals surface area contributed by atoms with E-state index in [2.05, 4.69) is 33.9 Å². The van der Waals surface area contributed by atoms with Gasteiger partial charge in [-0.1, -0.05) is 13.0 Å². The zero-order chi connectivity index (χ0) is 16.8. The average Bonchev–Trinajstić information content (AvgIpc) is 3.08. The van der Waals surface area contributed by atoms with Crippen molar-refractivity contribution in [2.24, 2.45) is 5.73 Å². The van der Waals surface area contributed by atoms with Crippen molar-refractivity contribution < 1.29 is 0 Å². The van der Waals surface area contributed by atoms with E-state index in [4.69, 9.17) is 10.7 Å². The number of pyridine rings is 1. The summed E-state index contributed by atoms with van der Waals surface area (Å²) in [7, 11) is 0. The molecule has 2 aromatic rings. The van der Waals surface area contributed by atoms with Gasteiger partial charge >= 0.3 is 0 Å². The van der Waals surface area contributed by atoms with Gasteiger partial charge in [0.15, 0.2) is 0 Å². The second-order valence-electron chi connectivity index (χ2n) is 6.63. The molecule has 5 heteroatoms. The minimum Gasteiger partial charge on any atom is -0.345 e. The van der Waals surface area contributed by atoms with Gasteiger partial charge in [0.25, 0.3) is 0 Å². The van der Waals surface area contributed by atoms with Crippen LogP contribution in [0.15, 0.2) is 24.5 Å². The zero-order valence-electron chi connectivity index (χ0n) is 14.7. The smallest absolute Gasteiger partial charge is 0.120 e. The molecule has 130 valence electrons. The maximum atomic E-state index is 5.69. The molecule has 0 saturated heterocycles. The van der Waals surface area contributed by atoms with Gasteiger partial charge in [0.05, 0.1) is 18.3 Å². The number of fused-ring (bicyclic) bond motifs is 1. The lowest BCUT2D eigenvalue weighted by molar-refractivity contribution is 0.159. The molecule has 0 fully saturated rings. The molecule has 0 bridgehead atoms. The third-order valence-electron chi connectivity index (χ3n) is 4.92. The summed E-state index contributed by atoms with van der Waals surface area (Å²) < 4.78 is 0. The van der Waals surface area contributed by atoms with Crippen molar-refractivity contribution in [3.63, 3.8) is 0 Å². The van der Waals surface area contributed by atoms with Crippen molar-refractivity contribution in [3.05, 3.63) is 47.3 Å². The molecular weight excluding hydrogens is 298 g/mol. The van der Waals surface area contributed by atoms with Crippen LogP contribution >= 0.6 is 0 Å². The van der Waals surface area contributed by atoms with E-state index in [1.54, 1.807) is 0 Å². The Morgan fingerprint density at radius 1 is 1.33 bits per heavy atom. The summed E-state index contributed by atoms with van der Waals surface area (Å²) in [5.74, 6) is 1.06. The highest BCUT2D eigenvalue weighted by atomic mass is 15.2. The van der Waals surface area contributed by atoms with Crippen LogP contribution in [0.3, 0.4) is 0 Å². The van der Waals surface area contributed by atoms with Crippen molar-refractivity contribution in [3.8, 4) is 0 Å². The highest BCUT2D eigenvalue weighted by Crippen LogP contribution is 2.33. The van der Waals surface area contributed by atoms with Crippen molar-refractivity contribution in [2.75, 3.05) is 13.1 Å². The summed E-state index contributed by atoms with van der Waals surface area (Å²) in [6.45, 7) is 4.80. The van der Waals surface area contributed by atoms with E-state index in [9.17, 15) is 0 Å². The minimum absolute atomic E-state index is 0.392. The second kappa shape index (κ2) is 8.40. The van der Waals surface area contributed by atoms with Crippen molar-refractivity contribution in [1.29, 1.82) is 0 Å². The number of H-pyrrole nitrogens is 1. The van der Waals surface area contributed by atoms with Crippen LogP contribution in [0.1, 0.15) is 61.4 Å². The molecule has 0 aliphatic heterocycles. The van der Waals surface area contributed by atoms with Crippen molar-refractivity contribution >= 4 is 0 Å². The van der Waals surface area contributed by atoms with Crippen LogP contribution in [0.2, 0.25) is 0 Å². The summed E-state index contributed by atoms with van der Waals surface area (Å²) in [5.41, 5.74) is 9.57. The topological polar surface area (TPSA) is 70.8 Å². The Morgan fingerprint density at radius 2 is 2.25 bits per heavy atom. The molecule has 3 N–H and O–H groups in total. The first kappa shape index (κ1) is 17.1. The zero-order valence-corrected chi connectivity index (χ0v) is 14.7. The van der Waals surface area contributed by atoms with Crippen molar-refractivity contribution in [1.82, 2.24) is 19.9 Å². The number of nitrogens with two attached hydrogens (primary N) is 1. The van der Waals surface area contributed by atoms with Crippen LogP contribution in [-0.4, -0.2) is 32.9 Å². The summed E-state index contributed by atoms with van der Waals surface area (Å²) >= 11 is 0. The third-order valence-corrected chi connectivity index (χ3v) is 4.92. The van der Waals surface area contributed by atoms with Gasteiger partial charge in [-0.05, 0) is 63.2 Å². The first-order valence-electron chi connectivity index (χ1n) is 9.22. The van der Waals surface area contributed by atoms with Gasteiger partial charge in [-0.25, -0.2) is 4.98 Å². The number of hydrogen-bond donors (Lipinski definition) is 2. The molecule has 24 heavy (non-hydrogen) atoms. The summed E-state index contributed by atoms with van der Waals surface area (Å²) in [6.07, 6.45) is 10.6. The largest absolute Gasteiger partial charge is 0.345 e. The SMILES string of the molecule is CCc1cnc(CN(CCCCN)C2CCCc3cccnc32)[nH]1. The average molecular weight is 327 g/mol. The first-order valence-corrected chi connectivity index (χ1v) is 9.22. The van der Waals surface area contributed by atoms with Crippen LogP contribution in [-0.2, 0) is 19.4 Å². The number of nitrogens with zero attached hydrogens (tertiary/aromatic N) is 3. The number of aromatic amines is 1. The number of aryl methyl sites for hydroxylation is 2. The Morgan fingerprint density at radius 3 is 3.04 bits per heavy atom. The van der Waals surface area contributed by atoms with Gasteiger partial charge in [-0.15, -0.1) is 0 Å². The molecule has 2 aromatic heterocycles. The molecule has 0 spiro atoms. The van der Waals surface area contributed by atoms with E-state index in [1.165, 1.54) is 29.8 Å². The maximum absolute atomic E-state index is 5.69. The quantitative estimate of drug-likeness (QED) is 0.731. The molecule has 1 aliphatic rings. The fraction of sp³-hybridized carbons (Fsp3) is 0.579. The fourth-order valence-corrected chi connectivity index (χ4v) is 3.60. The fourth-order valence-electron chi connectivity index (χ4n) is 3.60. The van der Waals surface area contributed by atoms with E-state index < -0.39 is 0 Å². The Labute approximate surface area is 144 Å². The standard InChI is InChI=1S/C19H29N5/c1-2-16-13-22-18(23-16)14-24(12-4-3-10-20)17-9-5-7-15-8-6-11-21-19(15)17/h6,8,11,13,17H,2-5,7,9-10,12,14,20H2,1H3,(H,22,23). The number of unbranched alkanes of at least 4 members (excludes halogenated alkanes) is 1. The Balaban J connectivity index is 1.79. The highest BCUT2D eigenvalue weighted by Gasteiger charge is 2.27. The lowest BCUT2D eigenvalue weighted by atomic mass is 9.90. The van der Waals surface area contributed by atoms with Crippen LogP contribution < -0.4 is 5.73 Å². The normalized spacial score (nSPS) is 17.2. The number of imidazole rings is 1. The van der Waals surface area contributed by atoms with E-state index in [-0.39, 0.29) is 0 Å². The second-order valence-corrected chi connectivity index (χ2v) is 6.63. The molecule has 0 aromatic carbocycles. The predicted octanol–water partition coefficient (Wildman–Crippen LogP) is 2.99. The van der Waals surface area contributed by atoms with E-state index in [1.807, 2.05) is 12.4 Å². The maximum Gasteiger partial charge on any atom is 0.120 e. The highest BCUT2D eigenvalue weighted by molar-refractivity contribution is 5.25. The Kier molecular flexibility index (Phi) is 5.99. The van der Waals surface area contributed by atoms with E-state index in [0.29, 0.717) is 6.04 Å². The molecule has 1 aliphatic carbocycles. The predicted molar refractivity (Wildman–Crippen MR) is 96.6 cm³/mol. The monoisotopic (exact) mass is 327 g/mol.